The predicted molar refractivity (Wildman–Crippen MR) is 115 cm³/mol. The molecule has 3 aromatic rings. The van der Waals surface area contributed by atoms with Crippen LogP contribution in [0, 0.1) is 0 Å². The fourth-order valence-electron chi connectivity index (χ4n) is 3.60. The van der Waals surface area contributed by atoms with E-state index in [1.807, 2.05) is 0 Å². The first-order valence-corrected chi connectivity index (χ1v) is 11.3. The lowest BCUT2D eigenvalue weighted by Gasteiger charge is -2.27. The second-order valence-corrected chi connectivity index (χ2v) is 10.3. The SMILES string of the molecule is CC(=O)CCCC[P+](c1ccccc1)(c1ccccc1)c1ccccc1. The summed E-state index contributed by atoms with van der Waals surface area (Å²) in [6, 6.07) is 32.8. The Hall–Kier alpha value is -2.24. The second kappa shape index (κ2) is 8.92. The molecule has 1 nitrogen and oxygen atoms in total. The number of hydrogen-bond donors (Lipinski definition) is 0. The molecule has 0 atom stereocenters. The van der Waals surface area contributed by atoms with Crippen LogP contribution >= 0.6 is 7.26 Å². The smallest absolute Gasteiger partial charge is 0.129 e. The van der Waals surface area contributed by atoms with Crippen LogP contribution < -0.4 is 15.9 Å². The lowest BCUT2D eigenvalue weighted by molar-refractivity contribution is -0.117. The quantitative estimate of drug-likeness (QED) is 0.418. The monoisotopic (exact) mass is 361 g/mol. The summed E-state index contributed by atoms with van der Waals surface area (Å²) in [4.78, 5) is 11.4. The number of carbonyl (C=O) groups is 1. The lowest BCUT2D eigenvalue weighted by atomic mass is 10.2. The first-order chi connectivity index (χ1) is 12.7. The van der Waals surface area contributed by atoms with Crippen molar-refractivity contribution in [1.29, 1.82) is 0 Å². The van der Waals surface area contributed by atoms with Crippen molar-refractivity contribution in [3.8, 4) is 0 Å². The number of Topliss-reactive ketones (excluding diaryl/α,β-unsaturated/α-hetero) is 1. The Kier molecular flexibility index (Phi) is 6.36. The van der Waals surface area contributed by atoms with Gasteiger partial charge in [0.05, 0.1) is 6.16 Å². The van der Waals surface area contributed by atoms with Crippen LogP contribution in [0.1, 0.15) is 26.2 Å². The van der Waals surface area contributed by atoms with Crippen LogP contribution in [-0.2, 0) is 4.79 Å². The Morgan fingerprint density at radius 3 is 1.38 bits per heavy atom. The summed E-state index contributed by atoms with van der Waals surface area (Å²) in [5.41, 5.74) is 0. The molecule has 0 aliphatic rings. The number of ketones is 1. The highest BCUT2D eigenvalue weighted by atomic mass is 31.2. The summed E-state index contributed by atoms with van der Waals surface area (Å²) >= 11 is 0. The van der Waals surface area contributed by atoms with Crippen molar-refractivity contribution in [1.82, 2.24) is 0 Å². The summed E-state index contributed by atoms with van der Waals surface area (Å²) in [5.74, 6) is 0.285. The highest BCUT2D eigenvalue weighted by molar-refractivity contribution is 7.95. The fraction of sp³-hybridized carbons (Fsp3) is 0.208. The number of rotatable bonds is 8. The van der Waals surface area contributed by atoms with E-state index >= 15 is 0 Å². The topological polar surface area (TPSA) is 17.1 Å². The van der Waals surface area contributed by atoms with Gasteiger partial charge in [0.2, 0.25) is 0 Å². The van der Waals surface area contributed by atoms with E-state index in [0.717, 1.165) is 19.0 Å². The standard InChI is InChI=1S/C24H26OP/c1-21(25)13-11-12-20-26(22-14-5-2-6-15-22,23-16-7-3-8-17-23)24-18-9-4-10-19-24/h2-10,14-19H,11-13,20H2,1H3/q+1. The largest absolute Gasteiger partial charge is 0.300 e. The first kappa shape index (κ1) is 18.5. The van der Waals surface area contributed by atoms with Crippen LogP contribution in [0.2, 0.25) is 0 Å². The van der Waals surface area contributed by atoms with Crippen molar-refractivity contribution in [2.24, 2.45) is 0 Å². The van der Waals surface area contributed by atoms with Gasteiger partial charge in [-0.3, -0.25) is 0 Å². The molecule has 3 aromatic carbocycles. The van der Waals surface area contributed by atoms with Gasteiger partial charge in [-0.25, -0.2) is 0 Å². The Balaban J connectivity index is 2.10. The average Bonchev–Trinajstić information content (AvgIpc) is 2.70. The third-order valence-corrected chi connectivity index (χ3v) is 9.39. The molecule has 2 heteroatoms. The third kappa shape index (κ3) is 4.11. The molecular formula is C24H26OP+. The van der Waals surface area contributed by atoms with Gasteiger partial charge in [0.15, 0.2) is 0 Å². The average molecular weight is 361 g/mol. The normalized spacial score (nSPS) is 11.3. The zero-order valence-electron chi connectivity index (χ0n) is 15.3. The van der Waals surface area contributed by atoms with Crippen LogP contribution in [0.4, 0.5) is 0 Å². The van der Waals surface area contributed by atoms with Crippen LogP contribution in [0.25, 0.3) is 0 Å². The second-order valence-electron chi connectivity index (χ2n) is 6.70. The Morgan fingerprint density at radius 1 is 0.654 bits per heavy atom. The van der Waals surface area contributed by atoms with Crippen molar-refractivity contribution >= 4 is 29.0 Å². The van der Waals surface area contributed by atoms with Crippen LogP contribution in [0.5, 0.6) is 0 Å². The number of hydrogen-bond acceptors (Lipinski definition) is 1. The van der Waals surface area contributed by atoms with Gasteiger partial charge in [-0.05, 0) is 56.2 Å². The Labute approximate surface area is 157 Å². The molecule has 0 radical (unpaired) electrons. The number of carbonyl (C=O) groups excluding carboxylic acids is 1. The molecular weight excluding hydrogens is 335 g/mol. The molecule has 0 heterocycles. The molecule has 0 bridgehead atoms. The van der Waals surface area contributed by atoms with Crippen LogP contribution in [0.3, 0.4) is 0 Å². The van der Waals surface area contributed by atoms with Crippen molar-refractivity contribution in [3.05, 3.63) is 91.0 Å². The maximum absolute atomic E-state index is 11.4. The first-order valence-electron chi connectivity index (χ1n) is 9.28. The van der Waals surface area contributed by atoms with E-state index in [1.54, 1.807) is 6.92 Å². The van der Waals surface area contributed by atoms with Gasteiger partial charge in [-0.2, -0.15) is 0 Å². The summed E-state index contributed by atoms with van der Waals surface area (Å²) in [5, 5.41) is 4.25. The molecule has 132 valence electrons. The van der Waals surface area contributed by atoms with E-state index in [-0.39, 0.29) is 5.78 Å². The van der Waals surface area contributed by atoms with Crippen molar-refractivity contribution in [3.63, 3.8) is 0 Å². The van der Waals surface area contributed by atoms with Gasteiger partial charge in [-0.1, -0.05) is 54.6 Å². The van der Waals surface area contributed by atoms with Gasteiger partial charge >= 0.3 is 0 Å². The molecule has 0 saturated heterocycles. The van der Waals surface area contributed by atoms with Crippen LogP contribution in [0.15, 0.2) is 91.0 Å². The summed E-state index contributed by atoms with van der Waals surface area (Å²) < 4.78 is 0. The minimum atomic E-state index is -1.72. The van der Waals surface area contributed by atoms with Crippen molar-refractivity contribution < 1.29 is 4.79 Å². The molecule has 3 rings (SSSR count). The fourth-order valence-corrected chi connectivity index (χ4v) is 8.02. The summed E-state index contributed by atoms with van der Waals surface area (Å²) in [7, 11) is -1.72. The predicted octanol–water partition coefficient (Wildman–Crippen LogP) is 4.74. The van der Waals surface area contributed by atoms with E-state index < -0.39 is 7.26 Å². The number of benzene rings is 3. The molecule has 0 spiro atoms. The molecule has 0 amide bonds. The molecule has 0 aliphatic carbocycles. The minimum Gasteiger partial charge on any atom is -0.300 e. The Bertz CT molecular complexity index is 716. The molecule has 0 fully saturated rings. The van der Waals surface area contributed by atoms with E-state index in [9.17, 15) is 4.79 Å². The highest BCUT2D eigenvalue weighted by Gasteiger charge is 2.44. The lowest BCUT2D eigenvalue weighted by Crippen LogP contribution is -2.33. The molecule has 0 aromatic heterocycles. The third-order valence-electron chi connectivity index (χ3n) is 4.86. The Morgan fingerprint density at radius 2 is 1.04 bits per heavy atom. The van der Waals surface area contributed by atoms with Gasteiger partial charge in [0.25, 0.3) is 0 Å². The van der Waals surface area contributed by atoms with Crippen molar-refractivity contribution in [2.45, 2.75) is 26.2 Å². The zero-order chi connectivity index (χ0) is 18.2. The van der Waals surface area contributed by atoms with E-state index in [1.165, 1.54) is 15.9 Å². The minimum absolute atomic E-state index is 0.285. The maximum atomic E-state index is 11.4. The van der Waals surface area contributed by atoms with E-state index in [4.69, 9.17) is 0 Å². The zero-order valence-corrected chi connectivity index (χ0v) is 16.2. The van der Waals surface area contributed by atoms with Gasteiger partial charge in [0, 0.05) is 6.42 Å². The molecule has 26 heavy (non-hydrogen) atoms. The molecule has 0 unspecified atom stereocenters. The molecule has 0 saturated carbocycles. The van der Waals surface area contributed by atoms with Gasteiger partial charge in [0.1, 0.15) is 29.0 Å². The maximum Gasteiger partial charge on any atom is 0.129 e. The number of unbranched alkanes of at least 4 members (excludes halogenated alkanes) is 1. The van der Waals surface area contributed by atoms with Crippen molar-refractivity contribution in [2.75, 3.05) is 6.16 Å². The van der Waals surface area contributed by atoms with E-state index in [2.05, 4.69) is 91.0 Å². The molecule has 0 aliphatic heterocycles. The summed E-state index contributed by atoms with van der Waals surface area (Å²) in [6.45, 7) is 1.69. The summed E-state index contributed by atoms with van der Waals surface area (Å²) in [6.07, 6.45) is 3.80. The van der Waals surface area contributed by atoms with E-state index in [0.29, 0.717) is 6.42 Å². The highest BCUT2D eigenvalue weighted by Crippen LogP contribution is 2.55. The van der Waals surface area contributed by atoms with Crippen LogP contribution in [-0.4, -0.2) is 11.9 Å². The van der Waals surface area contributed by atoms with Gasteiger partial charge in [-0.15, -0.1) is 0 Å². The van der Waals surface area contributed by atoms with Gasteiger partial charge < -0.3 is 4.79 Å². The molecule has 0 N–H and O–H groups in total.